The van der Waals surface area contributed by atoms with Crippen LogP contribution in [0.3, 0.4) is 0 Å². The lowest BCUT2D eigenvalue weighted by molar-refractivity contribution is -0.138. The lowest BCUT2D eigenvalue weighted by Crippen LogP contribution is -2.57. The number of carbonyl (C=O) groups excluding carboxylic acids is 1. The zero-order valence-corrected chi connectivity index (χ0v) is 16.8. The van der Waals surface area contributed by atoms with E-state index in [1.165, 1.54) is 0 Å². The minimum atomic E-state index is -0.943. The van der Waals surface area contributed by atoms with Gasteiger partial charge < -0.3 is 13.5 Å². The first-order valence-corrected chi connectivity index (χ1v) is 8.54. The molecule has 2 unspecified atom stereocenters. The molecule has 0 aliphatic carbocycles. The van der Waals surface area contributed by atoms with Crippen LogP contribution >= 0.6 is 45.6 Å². The third-order valence-corrected chi connectivity index (χ3v) is 5.95. The van der Waals surface area contributed by atoms with E-state index < -0.39 is 17.6 Å². The monoisotopic (exact) mass is 511 g/mol. The number of Topliss-reactive ketones (excluding diaryl/α,β-unsaturated/α-hetero) is 1. The molecule has 0 fully saturated rings. The predicted molar refractivity (Wildman–Crippen MR) is 95.5 cm³/mol. The zero-order valence-electron chi connectivity index (χ0n) is 12.5. The highest BCUT2D eigenvalue weighted by molar-refractivity contribution is 14.1. The van der Waals surface area contributed by atoms with Gasteiger partial charge in [-0.25, -0.2) is 0 Å². The Morgan fingerprint density at radius 2 is 1.80 bits per heavy atom. The maximum absolute atomic E-state index is 12.5. The lowest BCUT2D eigenvalue weighted by Gasteiger charge is -2.36. The average molecular weight is 511 g/mol. The van der Waals surface area contributed by atoms with Crippen LogP contribution in [-0.2, 0) is 12.7 Å². The van der Waals surface area contributed by atoms with Crippen molar-refractivity contribution in [1.82, 2.24) is 5.32 Å². The number of ketones is 1. The van der Waals surface area contributed by atoms with Gasteiger partial charge in [0.1, 0.15) is 28.6 Å². The second-order valence-corrected chi connectivity index (χ2v) is 8.23. The van der Waals surface area contributed by atoms with Crippen molar-refractivity contribution < 1.29 is 17.8 Å². The van der Waals surface area contributed by atoms with E-state index in [4.69, 9.17) is 8.17 Å². The summed E-state index contributed by atoms with van der Waals surface area (Å²) in [5.74, 6) is -1.03. The minimum Gasteiger partial charge on any atom is -0.481 e. The Balaban J connectivity index is 5.09. The fourth-order valence-electron chi connectivity index (χ4n) is 1.56. The van der Waals surface area contributed by atoms with Crippen molar-refractivity contribution in [1.29, 1.82) is 0 Å². The third kappa shape index (κ3) is 6.52. The van der Waals surface area contributed by atoms with Gasteiger partial charge in [0.15, 0.2) is 5.78 Å². The Morgan fingerprint density at radius 3 is 2.15 bits per heavy atom. The molecule has 0 saturated heterocycles. The quantitative estimate of drug-likeness (QED) is 0.368. The lowest BCUT2D eigenvalue weighted by atomic mass is 9.91. The van der Waals surface area contributed by atoms with Crippen LogP contribution in [-0.4, -0.2) is 38.0 Å². The maximum Gasteiger partial charge on any atom is 0.303 e. The van der Waals surface area contributed by atoms with Crippen LogP contribution in [0.2, 0.25) is 0 Å². The Hall–Kier alpha value is 0.520. The van der Waals surface area contributed by atoms with E-state index in [1.54, 1.807) is 36.9 Å². The molecule has 0 spiro atoms. The largest absolute Gasteiger partial charge is 0.481 e. The zero-order chi connectivity index (χ0) is 16.1. The summed E-state index contributed by atoms with van der Waals surface area (Å²) in [6, 6.07) is -0.539. The molecule has 0 bridgehead atoms. The molecule has 0 aliphatic heterocycles. The standard InChI is InChI=1S/C13H23I2NO4/c1-8(14)12(2,3)16-9(6-7-10(17)18)11(19)13(4,5)20-15/h8-9,16H,6-7H2,1-5H3,(H,17,18). The first kappa shape index (κ1) is 20.5. The minimum absolute atomic E-state index is 0.0492. The summed E-state index contributed by atoms with van der Waals surface area (Å²) in [6.45, 7) is 9.44. The summed E-state index contributed by atoms with van der Waals surface area (Å²) in [6.07, 6.45) is 0.205. The van der Waals surface area contributed by atoms with E-state index in [1.807, 2.05) is 20.8 Å². The predicted octanol–water partition coefficient (Wildman–Crippen LogP) is 3.13. The molecule has 20 heavy (non-hydrogen) atoms. The van der Waals surface area contributed by atoms with Gasteiger partial charge >= 0.3 is 5.97 Å². The fraction of sp³-hybridized carbons (Fsp3) is 0.846. The van der Waals surface area contributed by atoms with Crippen molar-refractivity contribution in [2.24, 2.45) is 0 Å². The molecule has 7 heteroatoms. The third-order valence-electron chi connectivity index (χ3n) is 3.29. The van der Waals surface area contributed by atoms with Crippen LogP contribution < -0.4 is 5.32 Å². The number of alkyl halides is 1. The summed E-state index contributed by atoms with van der Waals surface area (Å²) in [4.78, 5) is 23.3. The Kier molecular flexibility index (Phi) is 8.45. The fourth-order valence-corrected chi connectivity index (χ4v) is 1.95. The van der Waals surface area contributed by atoms with Crippen molar-refractivity contribution in [3.05, 3.63) is 0 Å². The van der Waals surface area contributed by atoms with Gasteiger partial charge in [-0.1, -0.05) is 29.5 Å². The van der Waals surface area contributed by atoms with Gasteiger partial charge in [0.2, 0.25) is 0 Å². The van der Waals surface area contributed by atoms with Crippen LogP contribution in [0.15, 0.2) is 0 Å². The van der Waals surface area contributed by atoms with E-state index in [9.17, 15) is 9.59 Å². The van der Waals surface area contributed by atoms with Gasteiger partial charge in [-0.05, 0) is 34.1 Å². The van der Waals surface area contributed by atoms with Gasteiger partial charge in [0.05, 0.1) is 6.04 Å². The molecule has 0 aromatic carbocycles. The SMILES string of the molecule is CC(I)C(C)(C)NC(CCC(=O)O)C(=O)C(C)(C)OI. The molecular weight excluding hydrogens is 488 g/mol. The van der Waals surface area contributed by atoms with Gasteiger partial charge in [-0.3, -0.25) is 9.59 Å². The number of carboxylic acid groups (broad SMARTS) is 1. The molecule has 0 saturated carbocycles. The summed E-state index contributed by atoms with van der Waals surface area (Å²) < 4.78 is 5.47. The molecule has 2 atom stereocenters. The average Bonchev–Trinajstić information content (AvgIpc) is 2.32. The molecule has 0 rings (SSSR count). The molecule has 0 aromatic rings. The van der Waals surface area contributed by atoms with Crippen LogP contribution in [0, 0.1) is 0 Å². The van der Waals surface area contributed by atoms with Crippen molar-refractivity contribution in [2.45, 2.75) is 68.6 Å². The van der Waals surface area contributed by atoms with Gasteiger partial charge in [-0.2, -0.15) is 0 Å². The Bertz CT molecular complexity index is 356. The smallest absolute Gasteiger partial charge is 0.303 e. The Labute approximate surface area is 148 Å². The molecule has 118 valence electrons. The first-order valence-electron chi connectivity index (χ1n) is 6.41. The maximum atomic E-state index is 12.5. The van der Waals surface area contributed by atoms with Crippen molar-refractivity contribution in [3.8, 4) is 0 Å². The first-order chi connectivity index (χ1) is 8.94. The van der Waals surface area contributed by atoms with E-state index in [-0.39, 0.29) is 28.1 Å². The van der Waals surface area contributed by atoms with Gasteiger partial charge in [-0.15, -0.1) is 0 Å². The van der Waals surface area contributed by atoms with Crippen molar-refractivity contribution in [3.63, 3.8) is 0 Å². The van der Waals surface area contributed by atoms with Crippen LogP contribution in [0.25, 0.3) is 0 Å². The van der Waals surface area contributed by atoms with E-state index in [0.29, 0.717) is 0 Å². The molecule has 0 aliphatic rings. The highest BCUT2D eigenvalue weighted by atomic mass is 127. The number of nitrogens with one attached hydrogen (secondary N) is 1. The van der Waals surface area contributed by atoms with Crippen molar-refractivity contribution >= 4 is 57.3 Å². The number of hydrogen-bond acceptors (Lipinski definition) is 4. The highest BCUT2D eigenvalue weighted by Crippen LogP contribution is 2.23. The number of carboxylic acids is 1. The molecule has 0 aromatic heterocycles. The molecule has 2 N–H and O–H groups in total. The summed E-state index contributed by atoms with van der Waals surface area (Å²) in [7, 11) is 0. The molecule has 0 heterocycles. The van der Waals surface area contributed by atoms with Crippen LogP contribution in [0.1, 0.15) is 47.5 Å². The van der Waals surface area contributed by atoms with E-state index >= 15 is 0 Å². The topological polar surface area (TPSA) is 75.6 Å². The summed E-state index contributed by atoms with van der Waals surface area (Å²) in [5.41, 5.74) is -1.22. The molecule has 0 amide bonds. The number of halogens is 2. The second-order valence-electron chi connectivity index (χ2n) is 5.92. The number of hydrogen-bond donors (Lipinski definition) is 2. The molecule has 5 nitrogen and oxygen atoms in total. The van der Waals surface area contributed by atoms with E-state index in [2.05, 4.69) is 27.9 Å². The van der Waals surface area contributed by atoms with Crippen LogP contribution in [0.4, 0.5) is 0 Å². The second kappa shape index (κ2) is 8.23. The number of rotatable bonds is 9. The number of aliphatic carboxylic acids is 1. The van der Waals surface area contributed by atoms with Gasteiger partial charge in [0.25, 0.3) is 0 Å². The summed E-state index contributed by atoms with van der Waals surface area (Å²) in [5, 5.41) is 12.1. The van der Waals surface area contributed by atoms with Crippen LogP contribution in [0.5, 0.6) is 0 Å². The highest BCUT2D eigenvalue weighted by Gasteiger charge is 2.38. The Morgan fingerprint density at radius 1 is 1.30 bits per heavy atom. The van der Waals surface area contributed by atoms with Crippen molar-refractivity contribution in [2.75, 3.05) is 0 Å². The van der Waals surface area contributed by atoms with Gasteiger partial charge in [0, 0.05) is 15.9 Å². The number of carbonyl (C=O) groups is 2. The molecule has 0 radical (unpaired) electrons. The summed E-state index contributed by atoms with van der Waals surface area (Å²) >= 11 is 4.00. The van der Waals surface area contributed by atoms with E-state index in [0.717, 1.165) is 0 Å². The molecular formula is C13H23I2NO4. The normalized spacial score (nSPS) is 15.8.